The largest absolute Gasteiger partial charge is 0.455 e. The molecule has 3 heteroatoms. The van der Waals surface area contributed by atoms with Gasteiger partial charge in [-0.2, -0.15) is 0 Å². The predicted molar refractivity (Wildman–Crippen MR) is 263 cm³/mol. The van der Waals surface area contributed by atoms with E-state index in [0.717, 1.165) is 66.4 Å². The van der Waals surface area contributed by atoms with Crippen molar-refractivity contribution in [1.82, 2.24) is 0 Å². The van der Waals surface area contributed by atoms with Crippen LogP contribution in [0.4, 0.5) is 11.4 Å². The summed E-state index contributed by atoms with van der Waals surface area (Å²) >= 11 is 0. The highest BCUT2D eigenvalue weighted by molar-refractivity contribution is 6.13. The Morgan fingerprint density at radius 2 is 0.938 bits per heavy atom. The van der Waals surface area contributed by atoms with Crippen LogP contribution in [0.1, 0.15) is 22.3 Å². The van der Waals surface area contributed by atoms with Gasteiger partial charge < -0.3 is 13.7 Å². The molecule has 2 aromatic heterocycles. The van der Waals surface area contributed by atoms with E-state index >= 15 is 0 Å². The Balaban J connectivity index is 0.988. The van der Waals surface area contributed by atoms with Gasteiger partial charge in [-0.25, -0.2) is 0 Å². The fraction of sp³-hybridized carbons (Fsp3) is 0.0492. The number of allylic oxidation sites excluding steroid dienone is 2. The minimum Gasteiger partial charge on any atom is -0.455 e. The number of rotatable bonds is 5. The maximum absolute atomic E-state index is 6.89. The Kier molecular flexibility index (Phi) is 7.44. The highest BCUT2D eigenvalue weighted by Crippen LogP contribution is 2.67. The predicted octanol–water partition coefficient (Wildman–Crippen LogP) is 15.9. The van der Waals surface area contributed by atoms with Crippen LogP contribution in [0.3, 0.4) is 0 Å². The fourth-order valence-corrected chi connectivity index (χ4v) is 11.8. The van der Waals surface area contributed by atoms with Gasteiger partial charge in [-0.3, -0.25) is 0 Å². The monoisotopic (exact) mass is 817 g/mol. The third-order valence-electron chi connectivity index (χ3n) is 14.4. The van der Waals surface area contributed by atoms with E-state index in [1.165, 1.54) is 50.1 Å². The molecule has 300 valence electrons. The lowest BCUT2D eigenvalue weighted by atomic mass is 9.63. The van der Waals surface area contributed by atoms with Gasteiger partial charge in [0.05, 0.1) is 11.5 Å². The van der Waals surface area contributed by atoms with Crippen LogP contribution >= 0.6 is 0 Å². The molecular weight excluding hydrogens is 779 g/mol. The molecular formula is C61H39NO2. The van der Waals surface area contributed by atoms with Gasteiger partial charge in [0.15, 0.2) is 0 Å². The van der Waals surface area contributed by atoms with Crippen LogP contribution in [0.25, 0.3) is 82.8 Å². The van der Waals surface area contributed by atoms with Gasteiger partial charge in [-0.15, -0.1) is 0 Å². The van der Waals surface area contributed by atoms with Crippen molar-refractivity contribution in [2.24, 2.45) is 5.92 Å². The van der Waals surface area contributed by atoms with E-state index in [1.54, 1.807) is 0 Å². The molecule has 3 aliphatic carbocycles. The average molecular weight is 818 g/mol. The molecule has 0 saturated heterocycles. The molecule has 2 heterocycles. The summed E-state index contributed by atoms with van der Waals surface area (Å²) in [5.41, 5.74) is 19.1. The lowest BCUT2D eigenvalue weighted by molar-refractivity contribution is 0.445. The Morgan fingerprint density at radius 1 is 0.391 bits per heavy atom. The average Bonchev–Trinajstić information content (AvgIpc) is 4.10. The van der Waals surface area contributed by atoms with Crippen LogP contribution in [0.2, 0.25) is 0 Å². The summed E-state index contributed by atoms with van der Waals surface area (Å²) in [4.78, 5) is 2.59. The summed E-state index contributed by atoms with van der Waals surface area (Å²) < 4.78 is 13.4. The quantitative estimate of drug-likeness (QED) is 0.173. The Morgan fingerprint density at radius 3 is 1.67 bits per heavy atom. The number of furan rings is 2. The minimum absolute atomic E-state index is 0.0110. The maximum Gasteiger partial charge on any atom is 0.143 e. The first-order chi connectivity index (χ1) is 31.8. The van der Waals surface area contributed by atoms with E-state index in [-0.39, 0.29) is 12.0 Å². The molecule has 3 atom stereocenters. The molecule has 0 radical (unpaired) electrons. The summed E-state index contributed by atoms with van der Waals surface area (Å²) in [6, 6.07) is 75.1. The zero-order valence-corrected chi connectivity index (χ0v) is 34.8. The maximum atomic E-state index is 6.89. The van der Waals surface area contributed by atoms with E-state index in [9.17, 15) is 0 Å². The van der Waals surface area contributed by atoms with E-state index in [4.69, 9.17) is 8.83 Å². The fourth-order valence-electron chi connectivity index (χ4n) is 11.8. The first-order valence-corrected chi connectivity index (χ1v) is 22.2. The van der Waals surface area contributed by atoms with Crippen molar-refractivity contribution >= 4 is 60.8 Å². The Hall–Kier alpha value is -8.14. The Bertz CT molecular complexity index is 3740. The molecule has 3 unspecified atom stereocenters. The van der Waals surface area contributed by atoms with E-state index in [2.05, 4.69) is 223 Å². The van der Waals surface area contributed by atoms with Gasteiger partial charge in [0.2, 0.25) is 0 Å². The number of nitrogens with zero attached hydrogens (tertiary/aromatic N) is 1. The molecule has 0 fully saturated rings. The number of fused-ring (bicyclic) bond motifs is 17. The highest BCUT2D eigenvalue weighted by atomic mass is 16.3. The first kappa shape index (κ1) is 35.5. The van der Waals surface area contributed by atoms with Gasteiger partial charge in [0.1, 0.15) is 22.3 Å². The lowest BCUT2D eigenvalue weighted by Crippen LogP contribution is -2.46. The van der Waals surface area contributed by atoms with Crippen molar-refractivity contribution in [1.29, 1.82) is 0 Å². The molecule has 0 saturated carbocycles. The van der Waals surface area contributed by atoms with Gasteiger partial charge in [0, 0.05) is 50.0 Å². The van der Waals surface area contributed by atoms with Crippen molar-refractivity contribution in [3.8, 4) is 33.4 Å². The Labute approximate surface area is 370 Å². The molecule has 64 heavy (non-hydrogen) atoms. The van der Waals surface area contributed by atoms with Crippen molar-refractivity contribution in [3.05, 3.63) is 247 Å². The molecule has 1 spiro atoms. The number of para-hydroxylation sites is 3. The second-order valence-corrected chi connectivity index (χ2v) is 17.4. The SMILES string of the molecule is C1=CC(N(c2ccc(-c3ccccc3)cc2)c2ccc(-c3cccc4c3oc3ccccc34)cc2)C2C(=C1)c1ccccc1C21c2ccccc2-c2c1ccc1c2oc2ccccc21. The van der Waals surface area contributed by atoms with E-state index in [1.807, 2.05) is 6.07 Å². The van der Waals surface area contributed by atoms with Crippen LogP contribution in [0.5, 0.6) is 0 Å². The van der Waals surface area contributed by atoms with Crippen LogP contribution in [0, 0.1) is 5.92 Å². The smallest absolute Gasteiger partial charge is 0.143 e. The highest BCUT2D eigenvalue weighted by Gasteiger charge is 2.60. The summed E-state index contributed by atoms with van der Waals surface area (Å²) in [6.45, 7) is 0. The minimum atomic E-state index is -0.504. The van der Waals surface area contributed by atoms with Crippen LogP contribution in [0.15, 0.2) is 233 Å². The van der Waals surface area contributed by atoms with Crippen molar-refractivity contribution in [2.75, 3.05) is 4.90 Å². The number of hydrogen-bond donors (Lipinski definition) is 0. The molecule has 3 aliphatic rings. The molecule has 0 bridgehead atoms. The van der Waals surface area contributed by atoms with Gasteiger partial charge in [0.25, 0.3) is 0 Å². The second kappa shape index (κ2) is 13.4. The standard InChI is InChI=1S/C61H39NO2/c1-2-14-38(15-3-1)39-28-32-41(33-29-39)62(42-34-30-40(31-35-42)43-20-12-22-48-45-17-6-10-26-55(45)63-59(43)48)54-25-13-21-47-44-16-4-8-23-51(44)61(58(47)54)52-24-9-5-19-50(52)57-53(61)37-36-49-46-18-7-11-27-56(46)64-60(49)57/h1-37,54,58H. The second-order valence-electron chi connectivity index (χ2n) is 17.4. The summed E-state index contributed by atoms with van der Waals surface area (Å²) in [6.07, 6.45) is 7.11. The van der Waals surface area contributed by atoms with Crippen molar-refractivity contribution in [3.63, 3.8) is 0 Å². The van der Waals surface area contributed by atoms with E-state index in [0.29, 0.717) is 0 Å². The van der Waals surface area contributed by atoms with Crippen LogP contribution < -0.4 is 4.90 Å². The molecule has 11 aromatic rings. The molecule has 0 N–H and O–H groups in total. The molecule has 0 aliphatic heterocycles. The van der Waals surface area contributed by atoms with Crippen molar-refractivity contribution < 1.29 is 8.83 Å². The number of anilines is 2. The summed E-state index contributed by atoms with van der Waals surface area (Å²) in [5.74, 6) is 0.0110. The first-order valence-electron chi connectivity index (χ1n) is 22.2. The van der Waals surface area contributed by atoms with Crippen molar-refractivity contribution in [2.45, 2.75) is 11.5 Å². The third-order valence-corrected chi connectivity index (χ3v) is 14.4. The van der Waals surface area contributed by atoms with Gasteiger partial charge in [-0.1, -0.05) is 188 Å². The lowest BCUT2D eigenvalue weighted by Gasteiger charge is -2.45. The molecule has 9 aromatic carbocycles. The van der Waals surface area contributed by atoms with Crippen LogP contribution in [-0.2, 0) is 5.41 Å². The molecule has 0 amide bonds. The zero-order valence-electron chi connectivity index (χ0n) is 34.8. The normalized spacial score (nSPS) is 18.1. The molecule has 14 rings (SSSR count). The third kappa shape index (κ3) is 4.81. The number of hydrogen-bond acceptors (Lipinski definition) is 3. The summed E-state index contributed by atoms with van der Waals surface area (Å²) in [7, 11) is 0. The topological polar surface area (TPSA) is 29.5 Å². The molecule has 3 nitrogen and oxygen atoms in total. The van der Waals surface area contributed by atoms with Gasteiger partial charge in [-0.05, 0) is 86.5 Å². The van der Waals surface area contributed by atoms with Gasteiger partial charge >= 0.3 is 0 Å². The zero-order chi connectivity index (χ0) is 41.9. The number of benzene rings is 9. The van der Waals surface area contributed by atoms with E-state index < -0.39 is 5.41 Å². The van der Waals surface area contributed by atoms with Crippen LogP contribution in [-0.4, -0.2) is 6.04 Å². The summed E-state index contributed by atoms with van der Waals surface area (Å²) in [5, 5.41) is 4.57.